The number of likely N-dealkylation sites (N-methyl/N-ethyl adjacent to an activating group) is 1. The summed E-state index contributed by atoms with van der Waals surface area (Å²) < 4.78 is 16.1. The summed E-state index contributed by atoms with van der Waals surface area (Å²) in [6, 6.07) is 5.79. The molecule has 162 valence electrons. The maximum absolute atomic E-state index is 11.9. The molecular weight excluding hydrogens is 489 g/mol. The van der Waals surface area contributed by atoms with Crippen LogP contribution in [0.15, 0.2) is 23.2 Å². The van der Waals surface area contributed by atoms with E-state index in [1.165, 1.54) is 0 Å². The van der Waals surface area contributed by atoms with Crippen LogP contribution < -0.4 is 20.1 Å². The number of benzene rings is 1. The highest BCUT2D eigenvalue weighted by Gasteiger charge is 2.14. The summed E-state index contributed by atoms with van der Waals surface area (Å²) >= 11 is 0. The zero-order valence-electron chi connectivity index (χ0n) is 17.0. The second-order valence-corrected chi connectivity index (χ2v) is 6.87. The van der Waals surface area contributed by atoms with Crippen LogP contribution in [0.25, 0.3) is 0 Å². The molecular formula is C19H30IN5O4. The van der Waals surface area contributed by atoms with Crippen molar-refractivity contribution in [2.45, 2.75) is 6.54 Å². The van der Waals surface area contributed by atoms with Gasteiger partial charge >= 0.3 is 0 Å². The van der Waals surface area contributed by atoms with Gasteiger partial charge in [0, 0.05) is 40.3 Å². The fourth-order valence-corrected chi connectivity index (χ4v) is 2.86. The maximum atomic E-state index is 11.9. The molecule has 0 unspecified atom stereocenters. The fourth-order valence-electron chi connectivity index (χ4n) is 2.86. The molecule has 0 saturated carbocycles. The van der Waals surface area contributed by atoms with Crippen molar-refractivity contribution in [2.24, 2.45) is 4.99 Å². The smallest absolute Gasteiger partial charge is 0.241 e. The van der Waals surface area contributed by atoms with Gasteiger partial charge in [0.15, 0.2) is 17.5 Å². The number of carbonyl (C=O) groups is 1. The largest absolute Gasteiger partial charge is 0.454 e. The number of aliphatic imine (C=N–C) groups is 1. The van der Waals surface area contributed by atoms with Gasteiger partial charge < -0.3 is 29.7 Å². The highest BCUT2D eigenvalue weighted by molar-refractivity contribution is 14.0. The van der Waals surface area contributed by atoms with Crippen molar-refractivity contribution in [1.29, 1.82) is 0 Å². The number of ether oxygens (including phenoxy) is 3. The third-order valence-electron chi connectivity index (χ3n) is 4.59. The third-order valence-corrected chi connectivity index (χ3v) is 4.59. The van der Waals surface area contributed by atoms with Crippen LogP contribution >= 0.6 is 24.0 Å². The van der Waals surface area contributed by atoms with Gasteiger partial charge in [-0.15, -0.1) is 24.0 Å². The Hall–Kier alpha value is -1.79. The predicted octanol–water partition coefficient (Wildman–Crippen LogP) is 0.489. The number of nitrogens with one attached hydrogen (secondary N) is 2. The second kappa shape index (κ2) is 12.0. The number of guanidine groups is 1. The molecule has 0 aliphatic carbocycles. The lowest BCUT2D eigenvalue weighted by Crippen LogP contribution is -2.46. The minimum Gasteiger partial charge on any atom is -0.454 e. The predicted molar refractivity (Wildman–Crippen MR) is 121 cm³/mol. The lowest BCUT2D eigenvalue weighted by atomic mass is 10.2. The molecule has 1 aromatic carbocycles. The standard InChI is InChI=1S/C19H29N5O4.HI/c1-23(2)18(25)13-22-19(20-5-6-24-7-9-26-10-8-24)21-12-15-3-4-16-17(11-15)28-14-27-16;/h3-4,11H,5-10,12-14H2,1-2H3,(H2,20,21,22);1H. The number of hydrogen-bond acceptors (Lipinski definition) is 6. The topological polar surface area (TPSA) is 87.7 Å². The Morgan fingerprint density at radius 2 is 1.93 bits per heavy atom. The summed E-state index contributed by atoms with van der Waals surface area (Å²) in [5.41, 5.74) is 1.01. The minimum absolute atomic E-state index is 0. The molecule has 3 rings (SSSR count). The quantitative estimate of drug-likeness (QED) is 0.308. The number of amides is 1. The number of halogens is 1. The van der Waals surface area contributed by atoms with Gasteiger partial charge in [0.05, 0.1) is 26.3 Å². The first kappa shape index (κ1) is 23.5. The van der Waals surface area contributed by atoms with Gasteiger partial charge in [-0.2, -0.15) is 0 Å². The van der Waals surface area contributed by atoms with Crippen molar-refractivity contribution in [1.82, 2.24) is 20.4 Å². The Labute approximate surface area is 188 Å². The highest BCUT2D eigenvalue weighted by Crippen LogP contribution is 2.32. The van der Waals surface area contributed by atoms with Gasteiger partial charge in [0.1, 0.15) is 0 Å². The van der Waals surface area contributed by atoms with E-state index in [4.69, 9.17) is 14.2 Å². The zero-order valence-corrected chi connectivity index (χ0v) is 19.3. The summed E-state index contributed by atoms with van der Waals surface area (Å²) in [5.74, 6) is 2.10. The van der Waals surface area contributed by atoms with Gasteiger partial charge in [-0.05, 0) is 17.7 Å². The van der Waals surface area contributed by atoms with Crippen molar-refractivity contribution >= 4 is 35.8 Å². The van der Waals surface area contributed by atoms with Gasteiger partial charge in [-0.1, -0.05) is 6.07 Å². The van der Waals surface area contributed by atoms with Gasteiger partial charge in [-0.3, -0.25) is 9.69 Å². The molecule has 0 spiro atoms. The van der Waals surface area contributed by atoms with Crippen molar-refractivity contribution in [2.75, 3.05) is 66.8 Å². The van der Waals surface area contributed by atoms with E-state index in [9.17, 15) is 4.79 Å². The number of morpholine rings is 1. The Kier molecular flexibility index (Phi) is 9.74. The van der Waals surface area contributed by atoms with Crippen molar-refractivity contribution in [3.63, 3.8) is 0 Å². The minimum atomic E-state index is -0.00856. The molecule has 2 aliphatic heterocycles. The number of nitrogens with zero attached hydrogens (tertiary/aromatic N) is 3. The molecule has 0 radical (unpaired) electrons. The summed E-state index contributed by atoms with van der Waals surface area (Å²) in [4.78, 5) is 20.4. The van der Waals surface area contributed by atoms with Crippen molar-refractivity contribution < 1.29 is 19.0 Å². The normalized spacial score (nSPS) is 16.1. The Bertz CT molecular complexity index is 695. The van der Waals surface area contributed by atoms with Crippen LogP contribution in [0.5, 0.6) is 11.5 Å². The van der Waals surface area contributed by atoms with Gasteiger partial charge in [0.25, 0.3) is 0 Å². The number of carbonyl (C=O) groups excluding carboxylic acids is 1. The van der Waals surface area contributed by atoms with E-state index in [0.29, 0.717) is 12.5 Å². The van der Waals surface area contributed by atoms with Crippen LogP contribution in [0.1, 0.15) is 5.56 Å². The number of fused-ring (bicyclic) bond motifs is 1. The molecule has 0 bridgehead atoms. The zero-order chi connectivity index (χ0) is 19.8. The lowest BCUT2D eigenvalue weighted by Gasteiger charge is -2.26. The Morgan fingerprint density at radius 1 is 1.17 bits per heavy atom. The number of rotatable bonds is 7. The van der Waals surface area contributed by atoms with E-state index in [2.05, 4.69) is 20.5 Å². The Balaban J connectivity index is 0.00000300. The molecule has 2 aliphatic rings. The molecule has 1 saturated heterocycles. The van der Waals surface area contributed by atoms with E-state index in [1.54, 1.807) is 19.0 Å². The summed E-state index contributed by atoms with van der Waals surface area (Å²) in [6.45, 7) is 6.00. The van der Waals surface area contributed by atoms with Crippen LogP contribution in [-0.4, -0.2) is 88.5 Å². The molecule has 9 nitrogen and oxygen atoms in total. The van der Waals surface area contributed by atoms with Gasteiger partial charge in [-0.25, -0.2) is 4.99 Å². The summed E-state index contributed by atoms with van der Waals surface area (Å²) in [7, 11) is 3.47. The molecule has 2 heterocycles. The van der Waals surface area contributed by atoms with Crippen molar-refractivity contribution in [3.05, 3.63) is 23.8 Å². The van der Waals surface area contributed by atoms with Crippen LogP contribution in [0.2, 0.25) is 0 Å². The molecule has 0 aromatic heterocycles. The maximum Gasteiger partial charge on any atom is 0.241 e. The second-order valence-electron chi connectivity index (χ2n) is 6.87. The molecule has 0 atom stereocenters. The molecule has 1 aromatic rings. The summed E-state index contributed by atoms with van der Waals surface area (Å²) in [6.07, 6.45) is 0. The van der Waals surface area contributed by atoms with E-state index < -0.39 is 0 Å². The van der Waals surface area contributed by atoms with Crippen molar-refractivity contribution in [3.8, 4) is 11.5 Å². The van der Waals surface area contributed by atoms with E-state index in [0.717, 1.165) is 56.5 Å². The first-order chi connectivity index (χ1) is 13.6. The Morgan fingerprint density at radius 3 is 2.69 bits per heavy atom. The molecule has 29 heavy (non-hydrogen) atoms. The van der Waals surface area contributed by atoms with Crippen LogP contribution in [0, 0.1) is 0 Å². The fraction of sp³-hybridized carbons (Fsp3) is 0.579. The lowest BCUT2D eigenvalue weighted by molar-refractivity contribution is -0.127. The van der Waals surface area contributed by atoms with Crippen LogP contribution in [0.4, 0.5) is 0 Å². The van der Waals surface area contributed by atoms with E-state index >= 15 is 0 Å². The average Bonchev–Trinajstić information content (AvgIpc) is 3.18. The third kappa shape index (κ3) is 7.52. The van der Waals surface area contributed by atoms with Crippen LogP contribution in [-0.2, 0) is 16.1 Å². The molecule has 2 N–H and O–H groups in total. The first-order valence-electron chi connectivity index (χ1n) is 9.53. The van der Waals surface area contributed by atoms with Crippen LogP contribution in [0.3, 0.4) is 0 Å². The van der Waals surface area contributed by atoms with Gasteiger partial charge in [0.2, 0.25) is 12.7 Å². The summed E-state index contributed by atoms with van der Waals surface area (Å²) in [5, 5.41) is 6.42. The monoisotopic (exact) mass is 519 g/mol. The van der Waals surface area contributed by atoms with E-state index in [-0.39, 0.29) is 43.2 Å². The molecule has 1 amide bonds. The number of hydrogen-bond donors (Lipinski definition) is 2. The first-order valence-corrected chi connectivity index (χ1v) is 9.53. The molecule has 1 fully saturated rings. The molecule has 10 heteroatoms. The SMILES string of the molecule is CN(C)C(=O)CNC(=NCc1ccc2c(c1)OCO2)NCCN1CCOCC1.I. The van der Waals surface area contributed by atoms with E-state index in [1.807, 2.05) is 18.2 Å². The highest BCUT2D eigenvalue weighted by atomic mass is 127. The average molecular weight is 519 g/mol.